The van der Waals surface area contributed by atoms with E-state index in [1.165, 1.54) is 0 Å². The SMILES string of the molecule is C=C=CCCCCNC(=O)CCCCC(F)(F)C(F)(F)OC(F)(OF)C(F)(F)SO. The molecule has 1 atom stereocenters. The van der Waals surface area contributed by atoms with E-state index in [2.05, 4.69) is 22.4 Å². The minimum atomic E-state index is -5.92. The number of hydrogen-bond acceptors (Lipinski definition) is 5. The predicted octanol–water partition coefficient (Wildman–Crippen LogP) is 5.74. The van der Waals surface area contributed by atoms with Gasteiger partial charge in [0, 0.05) is 19.4 Å². The van der Waals surface area contributed by atoms with E-state index in [1.807, 2.05) is 4.94 Å². The smallest absolute Gasteiger partial charge is 0.356 e. The zero-order valence-corrected chi connectivity index (χ0v) is 16.4. The molecule has 2 N–H and O–H groups in total. The van der Waals surface area contributed by atoms with Crippen LogP contribution >= 0.6 is 12.0 Å². The van der Waals surface area contributed by atoms with E-state index in [1.54, 1.807) is 6.08 Å². The molecule has 1 amide bonds. The highest BCUT2D eigenvalue weighted by atomic mass is 32.2. The molecule has 0 radical (unpaired) electrons. The van der Waals surface area contributed by atoms with Crippen LogP contribution in [0.3, 0.4) is 0 Å². The summed E-state index contributed by atoms with van der Waals surface area (Å²) in [5, 5.41) is -3.00. The van der Waals surface area contributed by atoms with Crippen molar-refractivity contribution in [2.45, 2.75) is 68.3 Å². The lowest BCUT2D eigenvalue weighted by molar-refractivity contribution is -0.521. The van der Waals surface area contributed by atoms with Crippen molar-refractivity contribution in [2.75, 3.05) is 6.54 Å². The highest BCUT2D eigenvalue weighted by molar-refractivity contribution is 7.94. The summed E-state index contributed by atoms with van der Waals surface area (Å²) in [6.45, 7) is 3.68. The summed E-state index contributed by atoms with van der Waals surface area (Å²) in [5.41, 5.74) is 2.57. The molecule has 0 spiro atoms. The average molecular weight is 475 g/mol. The Hall–Kier alpha value is -1.34. The number of nitrogens with one attached hydrogen (secondary N) is 1. The topological polar surface area (TPSA) is 67.8 Å². The van der Waals surface area contributed by atoms with Crippen LogP contribution in [0.5, 0.6) is 0 Å². The van der Waals surface area contributed by atoms with Crippen LogP contribution in [0.1, 0.15) is 44.9 Å². The molecule has 176 valence electrons. The van der Waals surface area contributed by atoms with Gasteiger partial charge in [-0.3, -0.25) is 4.79 Å². The summed E-state index contributed by atoms with van der Waals surface area (Å²) >= 11 is -1.78. The normalized spacial score (nSPS) is 14.7. The highest BCUT2D eigenvalue weighted by Gasteiger charge is 2.70. The lowest BCUT2D eigenvalue weighted by atomic mass is 10.1. The fraction of sp³-hybridized carbons (Fsp3) is 0.750. The van der Waals surface area contributed by atoms with Gasteiger partial charge in [-0.05, 0) is 42.7 Å². The number of amides is 1. The van der Waals surface area contributed by atoms with Crippen LogP contribution in [0.2, 0.25) is 0 Å². The monoisotopic (exact) mass is 475 g/mol. The number of unbranched alkanes of at least 4 members (excludes halogenated alkanes) is 3. The number of ether oxygens (including phenoxy) is 1. The first-order chi connectivity index (χ1) is 13.8. The molecule has 14 heteroatoms. The molecular weight excluding hydrogens is 454 g/mol. The van der Waals surface area contributed by atoms with Crippen molar-refractivity contribution in [3.05, 3.63) is 18.4 Å². The molecule has 0 aliphatic rings. The summed E-state index contributed by atoms with van der Waals surface area (Å²) in [6.07, 6.45) is -5.07. The molecule has 0 rings (SSSR count). The number of rotatable bonds is 16. The standard InChI is InChI=1S/C16H21F8NO4S/c1-2-3-4-5-8-11-25-12(26)9-6-7-10-13(17,18)14(19,20)28-16(23,29-24)15(21,22)30-27/h3,27H,1,4-11H2,(H,25,26). The van der Waals surface area contributed by atoms with Gasteiger partial charge in [-0.25, -0.2) is 4.74 Å². The minimum Gasteiger partial charge on any atom is -0.356 e. The molecule has 0 saturated carbocycles. The zero-order chi connectivity index (χ0) is 23.5. The molecule has 0 aromatic carbocycles. The maximum absolute atomic E-state index is 13.6. The lowest BCUT2D eigenvalue weighted by Crippen LogP contribution is -2.54. The Balaban J connectivity index is 4.52. The number of hydrogen-bond donors (Lipinski definition) is 2. The second-order valence-corrected chi connectivity index (χ2v) is 6.70. The Morgan fingerprint density at radius 2 is 1.73 bits per heavy atom. The molecule has 0 aliphatic carbocycles. The van der Waals surface area contributed by atoms with Gasteiger partial charge in [0.25, 0.3) is 0 Å². The first-order valence-electron chi connectivity index (χ1n) is 8.54. The van der Waals surface area contributed by atoms with E-state index in [0.717, 1.165) is 6.42 Å². The van der Waals surface area contributed by atoms with E-state index in [0.29, 0.717) is 19.4 Å². The number of carbonyl (C=O) groups is 1. The van der Waals surface area contributed by atoms with Gasteiger partial charge in [-0.15, -0.1) is 10.7 Å². The second kappa shape index (κ2) is 12.5. The highest BCUT2D eigenvalue weighted by Crippen LogP contribution is 2.49. The Morgan fingerprint density at radius 1 is 1.10 bits per heavy atom. The third kappa shape index (κ3) is 8.80. The van der Waals surface area contributed by atoms with Crippen molar-refractivity contribution in [3.8, 4) is 0 Å². The predicted molar refractivity (Wildman–Crippen MR) is 91.2 cm³/mol. The van der Waals surface area contributed by atoms with E-state index < -0.39 is 54.1 Å². The minimum absolute atomic E-state index is 0.278. The van der Waals surface area contributed by atoms with Crippen molar-refractivity contribution in [2.24, 2.45) is 0 Å². The van der Waals surface area contributed by atoms with Crippen LogP contribution < -0.4 is 5.32 Å². The van der Waals surface area contributed by atoms with Crippen LogP contribution in [0.4, 0.5) is 35.3 Å². The quantitative estimate of drug-likeness (QED) is 0.0980. The Bertz CT molecular complexity index is 590. The van der Waals surface area contributed by atoms with Crippen molar-refractivity contribution in [1.82, 2.24) is 5.32 Å². The third-order valence-corrected chi connectivity index (χ3v) is 4.11. The molecule has 5 nitrogen and oxygen atoms in total. The number of halogens is 8. The Labute approximate surface area is 171 Å². The fourth-order valence-corrected chi connectivity index (χ4v) is 2.16. The van der Waals surface area contributed by atoms with Gasteiger partial charge in [-0.2, -0.15) is 30.7 Å². The van der Waals surface area contributed by atoms with Gasteiger partial charge in [0.15, 0.2) is 0 Å². The molecule has 0 bridgehead atoms. The van der Waals surface area contributed by atoms with E-state index >= 15 is 0 Å². The Morgan fingerprint density at radius 3 is 2.27 bits per heavy atom. The summed E-state index contributed by atoms with van der Waals surface area (Å²) in [7, 11) is 0. The number of allylic oxidation sites excluding steroid dienone is 1. The van der Waals surface area contributed by atoms with Crippen LogP contribution in [0.15, 0.2) is 18.4 Å². The number of alkyl halides is 7. The first kappa shape index (κ1) is 28.7. The first-order valence-corrected chi connectivity index (χ1v) is 9.31. The Kier molecular flexibility index (Phi) is 11.9. The molecule has 0 heterocycles. The van der Waals surface area contributed by atoms with Gasteiger partial charge >= 0.3 is 23.3 Å². The third-order valence-electron chi connectivity index (χ3n) is 3.63. The van der Waals surface area contributed by atoms with Crippen molar-refractivity contribution < 1.29 is 54.3 Å². The molecular formula is C16H21F8NO4S. The molecule has 0 saturated heterocycles. The van der Waals surface area contributed by atoms with Crippen LogP contribution in [0.25, 0.3) is 0 Å². The lowest BCUT2D eigenvalue weighted by Gasteiger charge is -2.33. The molecule has 1 unspecified atom stereocenters. The van der Waals surface area contributed by atoms with Gasteiger partial charge in [0.2, 0.25) is 5.91 Å². The van der Waals surface area contributed by atoms with Gasteiger partial charge in [0.1, 0.15) is 0 Å². The average Bonchev–Trinajstić information content (AvgIpc) is 2.67. The van der Waals surface area contributed by atoms with Gasteiger partial charge < -0.3 is 9.87 Å². The van der Waals surface area contributed by atoms with Crippen molar-refractivity contribution in [3.63, 3.8) is 0 Å². The van der Waals surface area contributed by atoms with Gasteiger partial charge in [0.05, 0.1) is 12.0 Å². The molecule has 30 heavy (non-hydrogen) atoms. The van der Waals surface area contributed by atoms with Crippen molar-refractivity contribution >= 4 is 17.9 Å². The maximum atomic E-state index is 13.6. The molecule has 0 fully saturated rings. The van der Waals surface area contributed by atoms with Crippen LogP contribution in [0, 0.1) is 0 Å². The van der Waals surface area contributed by atoms with E-state index in [4.69, 9.17) is 4.55 Å². The summed E-state index contributed by atoms with van der Waals surface area (Å²) in [6, 6.07) is -5.68. The van der Waals surface area contributed by atoms with E-state index in [-0.39, 0.29) is 12.8 Å². The van der Waals surface area contributed by atoms with E-state index in [9.17, 15) is 40.1 Å². The molecule has 0 aromatic heterocycles. The summed E-state index contributed by atoms with van der Waals surface area (Å²) in [4.78, 5) is 13.5. The van der Waals surface area contributed by atoms with Gasteiger partial charge in [-0.1, -0.05) is 6.58 Å². The summed E-state index contributed by atoms with van der Waals surface area (Å²) in [5.74, 6) is -5.73. The number of carbonyl (C=O) groups excluding carboxylic acids is 1. The van der Waals surface area contributed by atoms with Crippen molar-refractivity contribution in [1.29, 1.82) is 0 Å². The van der Waals surface area contributed by atoms with Crippen LogP contribution in [-0.2, 0) is 14.5 Å². The summed E-state index contributed by atoms with van der Waals surface area (Å²) < 4.78 is 116. The molecule has 0 aliphatic heterocycles. The van der Waals surface area contributed by atoms with Crippen LogP contribution in [-0.4, -0.2) is 40.3 Å². The largest absolute Gasteiger partial charge is 0.433 e. The molecule has 0 aromatic rings. The fourth-order valence-electron chi connectivity index (χ4n) is 1.98. The zero-order valence-electron chi connectivity index (χ0n) is 15.5. The maximum Gasteiger partial charge on any atom is 0.433 e. The second-order valence-electron chi connectivity index (χ2n) is 6.01.